The Morgan fingerprint density at radius 1 is 1.20 bits per heavy atom. The van der Waals surface area contributed by atoms with Gasteiger partial charge in [0.2, 0.25) is 0 Å². The maximum atomic E-state index is 12.6. The van der Waals surface area contributed by atoms with Crippen LogP contribution in [0.25, 0.3) is 0 Å². The average molecular weight is 347 g/mol. The number of amides is 1. The van der Waals surface area contributed by atoms with E-state index in [9.17, 15) is 9.18 Å². The maximum absolute atomic E-state index is 12.6. The minimum Gasteiger partial charge on any atom is -0.445 e. The van der Waals surface area contributed by atoms with Gasteiger partial charge in [-0.3, -0.25) is 9.29 Å². The number of hydrogen-bond acceptors (Lipinski definition) is 3. The van der Waals surface area contributed by atoms with E-state index in [2.05, 4.69) is 6.08 Å². The number of benzene rings is 1. The van der Waals surface area contributed by atoms with Crippen molar-refractivity contribution in [3.05, 3.63) is 47.5 Å². The summed E-state index contributed by atoms with van der Waals surface area (Å²) < 4.78 is 23.3. The molecule has 2 heterocycles. The Kier molecular flexibility index (Phi) is 6.45. The maximum Gasteiger partial charge on any atom is 0.411 e. The molecular weight excluding hydrogens is 321 g/mol. The molecule has 136 valence electrons. The van der Waals surface area contributed by atoms with Gasteiger partial charge < -0.3 is 9.47 Å². The second-order valence-corrected chi connectivity index (χ2v) is 6.73. The van der Waals surface area contributed by atoms with Crippen LogP contribution in [0.3, 0.4) is 0 Å². The first-order valence-corrected chi connectivity index (χ1v) is 9.10. The normalized spacial score (nSPS) is 22.4. The van der Waals surface area contributed by atoms with Gasteiger partial charge in [0.05, 0.1) is 32.0 Å². The number of alkyl halides is 1. The number of hydrogen-bond donors (Lipinski definition) is 0. The molecular formula is C20H26FNO3. The van der Waals surface area contributed by atoms with E-state index in [0.717, 1.165) is 31.2 Å². The molecule has 4 nitrogen and oxygen atoms in total. The molecule has 0 saturated carbocycles. The molecule has 0 spiro atoms. The van der Waals surface area contributed by atoms with Gasteiger partial charge in [-0.25, -0.2) is 4.79 Å². The highest BCUT2D eigenvalue weighted by Gasteiger charge is 2.38. The number of rotatable bonds is 7. The fourth-order valence-electron chi connectivity index (χ4n) is 3.57. The quantitative estimate of drug-likeness (QED) is 0.547. The van der Waals surface area contributed by atoms with Gasteiger partial charge in [0, 0.05) is 0 Å². The topological polar surface area (TPSA) is 38.8 Å². The molecule has 2 aliphatic heterocycles. The van der Waals surface area contributed by atoms with Gasteiger partial charge in [-0.1, -0.05) is 48.4 Å². The number of morpholine rings is 1. The molecule has 1 saturated heterocycles. The van der Waals surface area contributed by atoms with E-state index in [1.54, 1.807) is 0 Å². The minimum atomic E-state index is -0.269. The van der Waals surface area contributed by atoms with Crippen LogP contribution in [0, 0.1) is 0 Å². The van der Waals surface area contributed by atoms with E-state index in [4.69, 9.17) is 9.47 Å². The zero-order valence-corrected chi connectivity index (χ0v) is 14.5. The van der Waals surface area contributed by atoms with Crippen LogP contribution >= 0.6 is 0 Å². The van der Waals surface area contributed by atoms with Crippen molar-refractivity contribution >= 4 is 6.09 Å². The first-order valence-electron chi connectivity index (χ1n) is 9.10. The molecule has 1 aromatic carbocycles. The molecule has 2 atom stereocenters. The number of carbonyl (C=O) groups excluding carboxylic acids is 1. The molecule has 1 amide bonds. The summed E-state index contributed by atoms with van der Waals surface area (Å²) in [5.41, 5.74) is 2.35. The van der Waals surface area contributed by atoms with Crippen LogP contribution in [-0.4, -0.2) is 43.0 Å². The van der Waals surface area contributed by atoms with Crippen molar-refractivity contribution in [3.63, 3.8) is 0 Å². The third kappa shape index (κ3) is 4.82. The fourth-order valence-corrected chi connectivity index (χ4v) is 3.57. The van der Waals surface area contributed by atoms with Crippen LogP contribution in [-0.2, 0) is 16.1 Å². The van der Waals surface area contributed by atoms with Crippen LogP contribution in [0.4, 0.5) is 9.18 Å². The fraction of sp³-hybridized carbons (Fsp3) is 0.550. The van der Waals surface area contributed by atoms with Gasteiger partial charge >= 0.3 is 6.09 Å². The zero-order chi connectivity index (χ0) is 17.5. The van der Waals surface area contributed by atoms with E-state index in [1.165, 1.54) is 5.57 Å². The lowest BCUT2D eigenvalue weighted by molar-refractivity contribution is -0.0375. The molecule has 25 heavy (non-hydrogen) atoms. The summed E-state index contributed by atoms with van der Waals surface area (Å²) in [6, 6.07) is 9.70. The van der Waals surface area contributed by atoms with E-state index in [-0.39, 0.29) is 31.5 Å². The largest absolute Gasteiger partial charge is 0.445 e. The third-order valence-electron chi connectivity index (χ3n) is 4.82. The summed E-state index contributed by atoms with van der Waals surface area (Å²) in [5.74, 6) is 0. The van der Waals surface area contributed by atoms with Gasteiger partial charge in [0.25, 0.3) is 0 Å². The van der Waals surface area contributed by atoms with Gasteiger partial charge in [0.1, 0.15) is 6.61 Å². The molecule has 2 unspecified atom stereocenters. The Balaban J connectivity index is 1.56. The van der Waals surface area contributed by atoms with Crippen molar-refractivity contribution in [2.45, 2.75) is 50.8 Å². The van der Waals surface area contributed by atoms with Crippen molar-refractivity contribution in [2.75, 3.05) is 19.9 Å². The number of ether oxygens (including phenoxy) is 2. The number of fused-ring (bicyclic) bond motifs is 2. The molecule has 5 heteroatoms. The molecule has 3 rings (SSSR count). The monoisotopic (exact) mass is 347 g/mol. The molecule has 1 aromatic rings. The Morgan fingerprint density at radius 3 is 2.80 bits per heavy atom. The molecule has 0 radical (unpaired) electrons. The van der Waals surface area contributed by atoms with Gasteiger partial charge in [-0.15, -0.1) is 0 Å². The predicted molar refractivity (Wildman–Crippen MR) is 94.0 cm³/mol. The Hall–Kier alpha value is -1.88. The van der Waals surface area contributed by atoms with Crippen LogP contribution in [0.5, 0.6) is 0 Å². The van der Waals surface area contributed by atoms with Crippen LogP contribution < -0.4 is 0 Å². The highest BCUT2D eigenvalue weighted by atomic mass is 19.1. The second-order valence-electron chi connectivity index (χ2n) is 6.73. The number of halogens is 1. The molecule has 0 N–H and O–H groups in total. The van der Waals surface area contributed by atoms with E-state index in [1.807, 2.05) is 35.2 Å². The average Bonchev–Trinajstić information content (AvgIpc) is 2.63. The highest BCUT2D eigenvalue weighted by molar-refractivity contribution is 5.69. The minimum absolute atomic E-state index is 0.0446. The zero-order valence-electron chi connectivity index (χ0n) is 14.5. The SMILES string of the molecule is O=C(OCc1ccccc1)N1C2C=C(CCCCCF)CC1COC2. The van der Waals surface area contributed by atoms with Gasteiger partial charge in [-0.2, -0.15) is 0 Å². The first kappa shape index (κ1) is 17.9. The lowest BCUT2D eigenvalue weighted by atomic mass is 9.91. The second kappa shape index (κ2) is 8.99. The molecule has 0 aromatic heterocycles. The van der Waals surface area contributed by atoms with Crippen molar-refractivity contribution in [1.29, 1.82) is 0 Å². The van der Waals surface area contributed by atoms with Crippen molar-refractivity contribution in [2.24, 2.45) is 0 Å². The molecule has 0 aliphatic carbocycles. The summed E-state index contributed by atoms with van der Waals surface area (Å²) in [6.07, 6.45) is 6.26. The lowest BCUT2D eigenvalue weighted by Gasteiger charge is -2.43. The molecule has 2 aliphatic rings. The number of unbranched alkanes of at least 4 members (excludes halogenated alkanes) is 2. The van der Waals surface area contributed by atoms with Crippen molar-refractivity contribution in [3.8, 4) is 0 Å². The number of carbonyl (C=O) groups is 1. The third-order valence-corrected chi connectivity index (χ3v) is 4.82. The summed E-state index contributed by atoms with van der Waals surface area (Å²) in [5, 5.41) is 0. The predicted octanol–water partition coefficient (Wildman–Crippen LogP) is 4.25. The van der Waals surface area contributed by atoms with E-state index < -0.39 is 0 Å². The summed E-state index contributed by atoms with van der Waals surface area (Å²) in [7, 11) is 0. The van der Waals surface area contributed by atoms with Gasteiger partial charge in [0.15, 0.2) is 0 Å². The lowest BCUT2D eigenvalue weighted by Crippen LogP contribution is -2.56. The molecule has 1 fully saturated rings. The summed E-state index contributed by atoms with van der Waals surface area (Å²) >= 11 is 0. The Labute approximate surface area is 148 Å². The van der Waals surface area contributed by atoms with E-state index >= 15 is 0 Å². The summed E-state index contributed by atoms with van der Waals surface area (Å²) in [4.78, 5) is 14.4. The van der Waals surface area contributed by atoms with Crippen LogP contribution in [0.15, 0.2) is 42.0 Å². The standard InChI is InChI=1S/C20H26FNO3/c21-10-6-2-5-9-17-11-18-14-24-15-19(12-17)22(18)20(23)25-13-16-7-3-1-4-8-16/h1,3-4,7-8,11,18-19H,2,5-6,9-10,12-15H2. The Morgan fingerprint density at radius 2 is 2.04 bits per heavy atom. The van der Waals surface area contributed by atoms with Crippen LogP contribution in [0.1, 0.15) is 37.7 Å². The smallest absolute Gasteiger partial charge is 0.411 e. The Bertz CT molecular complexity index is 590. The highest BCUT2D eigenvalue weighted by Crippen LogP contribution is 2.30. The first-order chi connectivity index (χ1) is 12.3. The van der Waals surface area contributed by atoms with E-state index in [0.29, 0.717) is 19.6 Å². The molecule has 2 bridgehead atoms. The number of nitrogens with zero attached hydrogens (tertiary/aromatic N) is 1. The van der Waals surface area contributed by atoms with Crippen LogP contribution in [0.2, 0.25) is 0 Å². The van der Waals surface area contributed by atoms with Gasteiger partial charge in [-0.05, 0) is 31.2 Å². The van der Waals surface area contributed by atoms with Crippen molar-refractivity contribution in [1.82, 2.24) is 4.90 Å². The van der Waals surface area contributed by atoms with Crippen molar-refractivity contribution < 1.29 is 18.7 Å². The summed E-state index contributed by atoms with van der Waals surface area (Å²) in [6.45, 7) is 1.12.